The summed E-state index contributed by atoms with van der Waals surface area (Å²) < 4.78 is 49.4. The number of furan rings is 1. The third-order valence-corrected chi connectivity index (χ3v) is 5.80. The predicted molar refractivity (Wildman–Crippen MR) is 116 cm³/mol. The molecule has 174 valence electrons. The van der Waals surface area contributed by atoms with E-state index < -0.39 is 29.5 Å². The fourth-order valence-corrected chi connectivity index (χ4v) is 4.15. The van der Waals surface area contributed by atoms with Crippen LogP contribution in [0, 0.1) is 6.92 Å². The molecular weight excluding hydrogens is 461 g/mol. The summed E-state index contributed by atoms with van der Waals surface area (Å²) in [4.78, 5) is 37.5. The number of hydrogen-bond donors (Lipinski definition) is 2. The highest BCUT2D eigenvalue weighted by atomic mass is 32.1. The number of ether oxygens (including phenoxy) is 1. The van der Waals surface area contributed by atoms with Gasteiger partial charge >= 0.3 is 12.1 Å². The number of esters is 1. The molecule has 0 radical (unpaired) electrons. The lowest BCUT2D eigenvalue weighted by atomic mass is 10.1. The summed E-state index contributed by atoms with van der Waals surface area (Å²) in [5.41, 5.74) is -0.321. The van der Waals surface area contributed by atoms with Crippen molar-refractivity contribution in [2.24, 2.45) is 0 Å². The fraction of sp³-hybridized carbons (Fsp3) is 0.227. The largest absolute Gasteiger partial charge is 0.462 e. The number of thiophene rings is 1. The van der Waals surface area contributed by atoms with Gasteiger partial charge in [-0.15, -0.1) is 11.3 Å². The van der Waals surface area contributed by atoms with Crippen molar-refractivity contribution in [3.63, 3.8) is 0 Å². The Morgan fingerprint density at radius 3 is 2.48 bits per heavy atom. The first kappa shape index (κ1) is 24.1. The minimum atomic E-state index is -4.52. The number of rotatable bonds is 6. The minimum absolute atomic E-state index is 0.0402. The molecule has 0 aliphatic heterocycles. The zero-order chi connectivity index (χ0) is 24.3. The van der Waals surface area contributed by atoms with Gasteiger partial charge in [0.15, 0.2) is 5.76 Å². The van der Waals surface area contributed by atoms with E-state index in [0.717, 1.165) is 23.5 Å². The van der Waals surface area contributed by atoms with E-state index in [-0.39, 0.29) is 39.1 Å². The zero-order valence-corrected chi connectivity index (χ0v) is 18.6. The highest BCUT2D eigenvalue weighted by molar-refractivity contribution is 7.18. The molecule has 2 heterocycles. The second kappa shape index (κ2) is 9.49. The number of nitrogens with one attached hydrogen (secondary N) is 2. The number of carbonyl (C=O) groups excluding carboxylic acids is 3. The van der Waals surface area contributed by atoms with Crippen LogP contribution in [0.25, 0.3) is 11.3 Å². The van der Waals surface area contributed by atoms with E-state index in [9.17, 15) is 27.6 Å². The van der Waals surface area contributed by atoms with Gasteiger partial charge in [-0.05, 0) is 43.7 Å². The average Bonchev–Trinajstić information content (AvgIpc) is 3.38. The van der Waals surface area contributed by atoms with Crippen LogP contribution < -0.4 is 10.6 Å². The molecule has 3 aromatic rings. The second-order valence-electron chi connectivity index (χ2n) is 6.76. The Balaban J connectivity index is 1.91. The maximum absolute atomic E-state index is 13.0. The van der Waals surface area contributed by atoms with E-state index in [4.69, 9.17) is 9.15 Å². The highest BCUT2D eigenvalue weighted by Gasteiger charge is 2.31. The van der Waals surface area contributed by atoms with Crippen molar-refractivity contribution in [2.45, 2.75) is 20.0 Å². The average molecular weight is 480 g/mol. The number of anilines is 1. The smallest absolute Gasteiger partial charge is 0.416 e. The van der Waals surface area contributed by atoms with Gasteiger partial charge in [0, 0.05) is 12.6 Å². The molecule has 0 bridgehead atoms. The molecule has 0 saturated carbocycles. The van der Waals surface area contributed by atoms with Crippen LogP contribution in [0.1, 0.15) is 48.6 Å². The van der Waals surface area contributed by atoms with Crippen molar-refractivity contribution in [3.8, 4) is 11.3 Å². The van der Waals surface area contributed by atoms with E-state index in [1.807, 2.05) is 0 Å². The lowest BCUT2D eigenvalue weighted by Gasteiger charge is -2.07. The van der Waals surface area contributed by atoms with Crippen molar-refractivity contribution in [2.75, 3.05) is 19.0 Å². The molecule has 1 aromatic carbocycles. The Labute approximate surface area is 190 Å². The van der Waals surface area contributed by atoms with Gasteiger partial charge in [0.05, 0.1) is 22.6 Å². The number of alkyl halides is 3. The summed E-state index contributed by atoms with van der Waals surface area (Å²) in [6.45, 7) is 3.27. The van der Waals surface area contributed by atoms with E-state index in [1.54, 1.807) is 13.8 Å². The van der Waals surface area contributed by atoms with Gasteiger partial charge in [0.2, 0.25) is 0 Å². The first-order chi connectivity index (χ1) is 15.6. The molecule has 7 nitrogen and oxygen atoms in total. The molecule has 0 fully saturated rings. The monoisotopic (exact) mass is 480 g/mol. The third kappa shape index (κ3) is 5.08. The summed E-state index contributed by atoms with van der Waals surface area (Å²) in [6.07, 6.45) is -4.52. The molecular formula is C22H19F3N2O5S. The van der Waals surface area contributed by atoms with Crippen molar-refractivity contribution >= 4 is 34.1 Å². The molecule has 0 atom stereocenters. The SMILES string of the molecule is CCOC(=O)c1c(NC(=O)c2ccc(-c3cccc(C(F)(F)F)c3)o2)sc(C(=O)NC)c1C. The van der Waals surface area contributed by atoms with Crippen LogP contribution in [0.4, 0.5) is 18.2 Å². The third-order valence-electron chi connectivity index (χ3n) is 4.59. The van der Waals surface area contributed by atoms with Crippen LogP contribution >= 0.6 is 11.3 Å². The van der Waals surface area contributed by atoms with Crippen LogP contribution in [-0.4, -0.2) is 31.4 Å². The summed E-state index contributed by atoms with van der Waals surface area (Å²) in [5.74, 6) is -2.02. The molecule has 11 heteroatoms. The molecule has 2 N–H and O–H groups in total. The number of amides is 2. The van der Waals surface area contributed by atoms with Crippen molar-refractivity contribution in [1.82, 2.24) is 5.32 Å². The van der Waals surface area contributed by atoms with Crippen LogP contribution in [0.2, 0.25) is 0 Å². The van der Waals surface area contributed by atoms with Gasteiger partial charge in [0.1, 0.15) is 10.8 Å². The molecule has 3 rings (SSSR count). The summed E-state index contributed by atoms with van der Waals surface area (Å²) in [5, 5.41) is 5.08. The van der Waals surface area contributed by atoms with E-state index >= 15 is 0 Å². The lowest BCUT2D eigenvalue weighted by molar-refractivity contribution is -0.137. The fourth-order valence-electron chi connectivity index (χ4n) is 3.01. The number of halogens is 3. The summed E-state index contributed by atoms with van der Waals surface area (Å²) in [6, 6.07) is 7.17. The van der Waals surface area contributed by atoms with Crippen LogP contribution in [-0.2, 0) is 10.9 Å². The van der Waals surface area contributed by atoms with Crippen molar-refractivity contribution in [1.29, 1.82) is 0 Å². The van der Waals surface area contributed by atoms with E-state index in [2.05, 4.69) is 10.6 Å². The quantitative estimate of drug-likeness (QED) is 0.477. The maximum Gasteiger partial charge on any atom is 0.416 e. The molecule has 33 heavy (non-hydrogen) atoms. The first-order valence-electron chi connectivity index (χ1n) is 9.68. The zero-order valence-electron chi connectivity index (χ0n) is 17.8. The number of hydrogen-bond acceptors (Lipinski definition) is 6. The summed E-state index contributed by atoms with van der Waals surface area (Å²) in [7, 11) is 1.43. The second-order valence-corrected chi connectivity index (χ2v) is 7.78. The highest BCUT2D eigenvalue weighted by Crippen LogP contribution is 2.35. The standard InChI is InChI=1S/C22H19F3N2O5S/c1-4-31-21(30)16-11(2)17(19(29)26-3)33-20(16)27-18(28)15-9-8-14(32-15)12-6-5-7-13(10-12)22(23,24)25/h5-10H,4H2,1-3H3,(H,26,29)(H,27,28). The molecule has 2 amide bonds. The van der Waals surface area contributed by atoms with Gasteiger partial charge in [-0.2, -0.15) is 13.2 Å². The van der Waals surface area contributed by atoms with Crippen LogP contribution in [0.15, 0.2) is 40.8 Å². The molecule has 0 aliphatic rings. The van der Waals surface area contributed by atoms with Crippen molar-refractivity contribution < 1.29 is 36.7 Å². The normalized spacial score (nSPS) is 11.2. The summed E-state index contributed by atoms with van der Waals surface area (Å²) >= 11 is 0.892. The van der Waals surface area contributed by atoms with Gasteiger partial charge < -0.3 is 19.8 Å². The molecule has 2 aromatic heterocycles. The topological polar surface area (TPSA) is 97.6 Å². The number of carbonyl (C=O) groups is 3. The first-order valence-corrected chi connectivity index (χ1v) is 10.5. The Morgan fingerprint density at radius 2 is 1.85 bits per heavy atom. The van der Waals surface area contributed by atoms with E-state index in [0.29, 0.717) is 5.56 Å². The Morgan fingerprint density at radius 1 is 1.12 bits per heavy atom. The molecule has 0 unspecified atom stereocenters. The van der Waals surface area contributed by atoms with Gasteiger partial charge in [-0.25, -0.2) is 4.79 Å². The van der Waals surface area contributed by atoms with Crippen LogP contribution in [0.5, 0.6) is 0 Å². The lowest BCUT2D eigenvalue weighted by Crippen LogP contribution is -2.18. The Kier molecular flexibility index (Phi) is 6.92. The predicted octanol–water partition coefficient (Wildman–Crippen LogP) is 5.12. The molecule has 0 spiro atoms. The molecule has 0 aliphatic carbocycles. The van der Waals surface area contributed by atoms with Crippen molar-refractivity contribution in [3.05, 3.63) is 63.7 Å². The van der Waals surface area contributed by atoms with E-state index in [1.165, 1.54) is 31.3 Å². The Hall–Kier alpha value is -3.60. The van der Waals surface area contributed by atoms with Crippen LogP contribution in [0.3, 0.4) is 0 Å². The Bertz CT molecular complexity index is 1210. The number of benzene rings is 1. The van der Waals surface area contributed by atoms with Gasteiger partial charge in [-0.1, -0.05) is 12.1 Å². The van der Waals surface area contributed by atoms with Gasteiger partial charge in [-0.3, -0.25) is 9.59 Å². The minimum Gasteiger partial charge on any atom is -0.462 e. The van der Waals surface area contributed by atoms with Gasteiger partial charge in [0.25, 0.3) is 11.8 Å². The molecule has 0 saturated heterocycles. The maximum atomic E-state index is 13.0.